The van der Waals surface area contributed by atoms with Crippen molar-refractivity contribution in [2.75, 3.05) is 18.4 Å². The molecule has 2 atom stereocenters. The number of amides is 2. The minimum atomic E-state index is -0.581. The van der Waals surface area contributed by atoms with Gasteiger partial charge in [0.05, 0.1) is 17.1 Å². The molecule has 8 nitrogen and oxygen atoms in total. The van der Waals surface area contributed by atoms with Crippen molar-refractivity contribution < 1.29 is 14.3 Å². The third-order valence-corrected chi connectivity index (χ3v) is 5.99. The number of benzene rings is 2. The molecule has 9 heteroatoms. The lowest BCUT2D eigenvalue weighted by Gasteiger charge is -2.24. The van der Waals surface area contributed by atoms with Gasteiger partial charge in [-0.05, 0) is 50.6 Å². The Morgan fingerprint density at radius 2 is 1.91 bits per heavy atom. The summed E-state index contributed by atoms with van der Waals surface area (Å²) in [4.78, 5) is 35.1. The molecule has 0 unspecified atom stereocenters. The highest BCUT2D eigenvalue weighted by molar-refractivity contribution is 9.10. The topological polar surface area (TPSA) is 110 Å². The minimum absolute atomic E-state index is 0.000596. The van der Waals surface area contributed by atoms with E-state index in [0.717, 1.165) is 10.0 Å². The highest BCUT2D eigenvalue weighted by Gasteiger charge is 2.38. The molecule has 0 saturated carbocycles. The number of anilines is 1. The highest BCUT2D eigenvalue weighted by atomic mass is 79.9. The number of primary amides is 1. The van der Waals surface area contributed by atoms with Crippen LogP contribution in [0.2, 0.25) is 0 Å². The van der Waals surface area contributed by atoms with Gasteiger partial charge in [-0.15, -0.1) is 0 Å². The number of carbonyl (C=O) groups is 2. The monoisotopic (exact) mass is 511 g/mol. The number of ether oxygens (including phenoxy) is 1. The van der Waals surface area contributed by atoms with Crippen molar-refractivity contribution >= 4 is 44.7 Å². The summed E-state index contributed by atoms with van der Waals surface area (Å²) in [5, 5.41) is 4.19. The maximum Gasteiger partial charge on any atom is 0.410 e. The Bertz CT molecular complexity index is 1210. The summed E-state index contributed by atoms with van der Waals surface area (Å²) in [6.07, 6.45) is 1.06. The molecule has 0 aliphatic carbocycles. The number of nitrogens with one attached hydrogen (secondary N) is 1. The average Bonchev–Trinajstić information content (AvgIpc) is 3.16. The number of nitrogens with two attached hydrogens (primary N) is 1. The number of hydrogen-bond acceptors (Lipinski definition) is 6. The molecule has 3 aromatic rings. The predicted molar refractivity (Wildman–Crippen MR) is 130 cm³/mol. The Labute approximate surface area is 200 Å². The van der Waals surface area contributed by atoms with Crippen LogP contribution in [0, 0.1) is 0 Å². The van der Waals surface area contributed by atoms with E-state index in [2.05, 4.69) is 37.3 Å². The van der Waals surface area contributed by atoms with Gasteiger partial charge in [0.15, 0.2) is 0 Å². The third kappa shape index (κ3) is 5.08. The molecule has 0 spiro atoms. The van der Waals surface area contributed by atoms with E-state index in [1.807, 2.05) is 45.0 Å². The summed E-state index contributed by atoms with van der Waals surface area (Å²) >= 11 is 3.54. The summed E-state index contributed by atoms with van der Waals surface area (Å²) in [6.45, 7) is 6.50. The lowest BCUT2D eigenvalue weighted by atomic mass is 9.94. The van der Waals surface area contributed by atoms with Gasteiger partial charge in [-0.3, -0.25) is 4.79 Å². The number of hydrogen-bond donors (Lipinski definition) is 2. The number of carbonyl (C=O) groups excluding carboxylic acids is 2. The largest absolute Gasteiger partial charge is 0.444 e. The van der Waals surface area contributed by atoms with E-state index in [1.165, 1.54) is 6.33 Å². The van der Waals surface area contributed by atoms with Crippen LogP contribution in [0.1, 0.15) is 42.6 Å². The first-order chi connectivity index (χ1) is 15.6. The van der Waals surface area contributed by atoms with Crippen LogP contribution in [0.4, 0.5) is 10.6 Å². The standard InChI is InChI=1S/C24H26BrN5O3/c1-24(2,3)33-23(32)30-11-18(14-6-4-7-15(25)10-14)19(12-30)29-22-17-9-5-8-16(21(26)31)20(17)27-13-28-22/h4-10,13,18-19H,11-12H2,1-3H3,(H2,26,31)(H,27,28,29)/t18-,19+/m1/s1. The van der Waals surface area contributed by atoms with E-state index in [1.54, 1.807) is 17.0 Å². The summed E-state index contributed by atoms with van der Waals surface area (Å²) in [6, 6.07) is 13.2. The molecular weight excluding hydrogens is 486 g/mol. The van der Waals surface area contributed by atoms with Crippen molar-refractivity contribution in [3.8, 4) is 0 Å². The number of halogens is 1. The third-order valence-electron chi connectivity index (χ3n) is 5.50. The zero-order valence-corrected chi connectivity index (χ0v) is 20.3. The number of para-hydroxylation sites is 1. The Morgan fingerprint density at radius 1 is 1.15 bits per heavy atom. The molecule has 3 N–H and O–H groups in total. The van der Waals surface area contributed by atoms with Crippen LogP contribution in [-0.2, 0) is 4.74 Å². The summed E-state index contributed by atoms with van der Waals surface area (Å²) < 4.78 is 6.58. The Kier molecular flexibility index (Phi) is 6.25. The van der Waals surface area contributed by atoms with Crippen LogP contribution in [0.15, 0.2) is 53.3 Å². The van der Waals surface area contributed by atoms with Crippen molar-refractivity contribution in [3.63, 3.8) is 0 Å². The first-order valence-corrected chi connectivity index (χ1v) is 11.4. The number of fused-ring (bicyclic) bond motifs is 1. The highest BCUT2D eigenvalue weighted by Crippen LogP contribution is 2.33. The lowest BCUT2D eigenvalue weighted by molar-refractivity contribution is 0.0291. The van der Waals surface area contributed by atoms with Gasteiger partial charge in [-0.2, -0.15) is 0 Å². The number of aromatic nitrogens is 2. The van der Waals surface area contributed by atoms with Gasteiger partial charge in [-0.1, -0.05) is 34.1 Å². The van der Waals surface area contributed by atoms with Gasteiger partial charge < -0.3 is 20.7 Å². The molecule has 1 aliphatic rings. The average molecular weight is 512 g/mol. The molecule has 1 aliphatic heterocycles. The van der Waals surface area contributed by atoms with Crippen LogP contribution >= 0.6 is 15.9 Å². The first kappa shape index (κ1) is 23.0. The Balaban J connectivity index is 1.69. The van der Waals surface area contributed by atoms with Crippen LogP contribution in [0.5, 0.6) is 0 Å². The van der Waals surface area contributed by atoms with Crippen molar-refractivity contribution in [1.29, 1.82) is 0 Å². The lowest BCUT2D eigenvalue weighted by Crippen LogP contribution is -2.36. The fourth-order valence-electron chi connectivity index (χ4n) is 4.08. The second-order valence-corrected chi connectivity index (χ2v) is 10.0. The smallest absolute Gasteiger partial charge is 0.410 e. The molecule has 2 amide bonds. The van der Waals surface area contributed by atoms with Gasteiger partial charge in [0.25, 0.3) is 5.91 Å². The molecular formula is C24H26BrN5O3. The SMILES string of the molecule is CC(C)(C)OC(=O)N1C[C@H](Nc2ncnc3c(C(N)=O)cccc23)[C@@H](c2cccc(Br)c2)C1. The van der Waals surface area contributed by atoms with Gasteiger partial charge in [0.2, 0.25) is 0 Å². The molecule has 33 heavy (non-hydrogen) atoms. The van der Waals surface area contributed by atoms with E-state index >= 15 is 0 Å². The van der Waals surface area contributed by atoms with E-state index in [-0.39, 0.29) is 18.1 Å². The normalized spacial score (nSPS) is 18.4. The molecule has 172 valence electrons. The maximum absolute atomic E-state index is 12.8. The molecule has 2 aromatic carbocycles. The Morgan fingerprint density at radius 3 is 2.61 bits per heavy atom. The van der Waals surface area contributed by atoms with Crippen molar-refractivity contribution in [2.24, 2.45) is 5.73 Å². The number of nitrogens with zero attached hydrogens (tertiary/aromatic N) is 3. The number of likely N-dealkylation sites (tertiary alicyclic amines) is 1. The molecule has 2 heterocycles. The van der Waals surface area contributed by atoms with Crippen LogP contribution in [0.3, 0.4) is 0 Å². The van der Waals surface area contributed by atoms with Crippen molar-refractivity contribution in [1.82, 2.24) is 14.9 Å². The van der Waals surface area contributed by atoms with Crippen molar-refractivity contribution in [3.05, 3.63) is 64.4 Å². The van der Waals surface area contributed by atoms with Crippen LogP contribution in [0.25, 0.3) is 10.9 Å². The second-order valence-electron chi connectivity index (χ2n) is 9.09. The second kappa shape index (κ2) is 8.97. The van der Waals surface area contributed by atoms with E-state index in [0.29, 0.717) is 35.4 Å². The Hall–Kier alpha value is -3.20. The quantitative estimate of drug-likeness (QED) is 0.539. The van der Waals surface area contributed by atoms with Gasteiger partial charge in [-0.25, -0.2) is 14.8 Å². The zero-order chi connectivity index (χ0) is 23.8. The molecule has 0 radical (unpaired) electrons. The van der Waals surface area contributed by atoms with Gasteiger partial charge in [0.1, 0.15) is 17.7 Å². The minimum Gasteiger partial charge on any atom is -0.444 e. The molecule has 1 fully saturated rings. The molecule has 4 rings (SSSR count). The molecule has 1 saturated heterocycles. The summed E-state index contributed by atoms with van der Waals surface area (Å²) in [7, 11) is 0. The van der Waals surface area contributed by atoms with E-state index in [9.17, 15) is 9.59 Å². The summed E-state index contributed by atoms with van der Waals surface area (Å²) in [5.41, 5.74) is 6.86. The fourth-order valence-corrected chi connectivity index (χ4v) is 4.49. The zero-order valence-electron chi connectivity index (χ0n) is 18.7. The van der Waals surface area contributed by atoms with Crippen LogP contribution < -0.4 is 11.1 Å². The molecule has 1 aromatic heterocycles. The van der Waals surface area contributed by atoms with Crippen LogP contribution in [-0.4, -0.2) is 51.6 Å². The van der Waals surface area contributed by atoms with E-state index in [4.69, 9.17) is 10.5 Å². The summed E-state index contributed by atoms with van der Waals surface area (Å²) in [5.74, 6) is 0.0349. The van der Waals surface area contributed by atoms with E-state index < -0.39 is 11.5 Å². The number of rotatable bonds is 4. The van der Waals surface area contributed by atoms with Gasteiger partial charge >= 0.3 is 6.09 Å². The fraction of sp³-hybridized carbons (Fsp3) is 0.333. The maximum atomic E-state index is 12.8. The van der Waals surface area contributed by atoms with Gasteiger partial charge in [0, 0.05) is 28.9 Å². The molecule has 0 bridgehead atoms. The van der Waals surface area contributed by atoms with Crippen molar-refractivity contribution in [2.45, 2.75) is 38.3 Å². The predicted octanol–water partition coefficient (Wildman–Crippen LogP) is 4.31. The first-order valence-electron chi connectivity index (χ1n) is 10.7.